The molecule has 0 saturated heterocycles. The molecule has 4 heteroatoms. The van der Waals surface area contributed by atoms with E-state index < -0.39 is 5.97 Å². The van der Waals surface area contributed by atoms with Gasteiger partial charge in [-0.1, -0.05) is 15.9 Å². The lowest BCUT2D eigenvalue weighted by atomic mass is 10.2. The number of phenolic OH excluding ortho intramolecular Hbond substituents is 1. The molecule has 0 spiro atoms. The van der Waals surface area contributed by atoms with E-state index in [9.17, 15) is 9.90 Å². The number of halogens is 1. The third-order valence-electron chi connectivity index (χ3n) is 1.67. The lowest BCUT2D eigenvalue weighted by molar-refractivity contribution is -0.137. The van der Waals surface area contributed by atoms with Gasteiger partial charge in [-0.3, -0.25) is 0 Å². The highest BCUT2D eigenvalue weighted by Gasteiger charge is 1.99. The number of carbonyl (C=O) groups excluding carboxylic acids is 1. The maximum Gasteiger partial charge on any atom is 0.330 e. The number of rotatable bonds is 3. The summed E-state index contributed by atoms with van der Waals surface area (Å²) < 4.78 is 5.54. The summed E-state index contributed by atoms with van der Waals surface area (Å²) in [5.74, 6) is -0.241. The Kier molecular flexibility index (Phi) is 4.37. The second-order valence-electron chi connectivity index (χ2n) is 2.79. The summed E-state index contributed by atoms with van der Waals surface area (Å²) in [6, 6.07) is 4.83. The number of benzene rings is 1. The van der Waals surface area contributed by atoms with Crippen LogP contribution in [0.25, 0.3) is 6.08 Å². The van der Waals surface area contributed by atoms with Crippen molar-refractivity contribution in [1.82, 2.24) is 0 Å². The Bertz CT molecular complexity index is 385. The van der Waals surface area contributed by atoms with Crippen molar-refractivity contribution in [3.05, 3.63) is 34.3 Å². The van der Waals surface area contributed by atoms with Crippen molar-refractivity contribution in [2.24, 2.45) is 0 Å². The van der Waals surface area contributed by atoms with Gasteiger partial charge in [0, 0.05) is 10.5 Å². The number of hydrogen-bond donors (Lipinski definition) is 1. The van der Waals surface area contributed by atoms with Crippen LogP contribution >= 0.6 is 15.9 Å². The van der Waals surface area contributed by atoms with Gasteiger partial charge >= 0.3 is 5.97 Å². The lowest BCUT2D eigenvalue weighted by Crippen LogP contribution is -1.98. The molecule has 1 N–H and O–H groups in total. The summed E-state index contributed by atoms with van der Waals surface area (Å²) in [6.45, 7) is 2.10. The third kappa shape index (κ3) is 3.75. The van der Waals surface area contributed by atoms with E-state index in [2.05, 4.69) is 15.9 Å². The van der Waals surface area contributed by atoms with Crippen LogP contribution in [0.3, 0.4) is 0 Å². The molecule has 0 aliphatic rings. The molecule has 0 saturated carbocycles. The summed E-state index contributed by atoms with van der Waals surface area (Å²) >= 11 is 3.31. The first-order valence-electron chi connectivity index (χ1n) is 4.47. The molecule has 0 unspecified atom stereocenters. The van der Waals surface area contributed by atoms with E-state index >= 15 is 0 Å². The van der Waals surface area contributed by atoms with Crippen molar-refractivity contribution in [1.29, 1.82) is 0 Å². The smallest absolute Gasteiger partial charge is 0.330 e. The van der Waals surface area contributed by atoms with Gasteiger partial charge in [-0.25, -0.2) is 4.79 Å². The second-order valence-corrected chi connectivity index (χ2v) is 3.65. The summed E-state index contributed by atoms with van der Waals surface area (Å²) in [7, 11) is 0. The number of aromatic hydroxyl groups is 1. The molecular weight excluding hydrogens is 260 g/mol. The zero-order chi connectivity index (χ0) is 11.3. The molecule has 0 heterocycles. The SMILES string of the molecule is CCOC(=O)C=Cc1cc(O)ccc1Br. The summed E-state index contributed by atoms with van der Waals surface area (Å²) in [5.41, 5.74) is 0.725. The highest BCUT2D eigenvalue weighted by atomic mass is 79.9. The van der Waals surface area contributed by atoms with Crippen molar-refractivity contribution in [2.75, 3.05) is 6.61 Å². The molecule has 3 nitrogen and oxygen atoms in total. The van der Waals surface area contributed by atoms with Crippen LogP contribution in [0.15, 0.2) is 28.7 Å². The van der Waals surface area contributed by atoms with Crippen molar-refractivity contribution >= 4 is 28.0 Å². The minimum Gasteiger partial charge on any atom is -0.508 e. The van der Waals surface area contributed by atoms with Crippen molar-refractivity contribution in [3.8, 4) is 5.75 Å². The molecule has 0 aromatic heterocycles. The van der Waals surface area contributed by atoms with Gasteiger partial charge in [0.1, 0.15) is 5.75 Å². The molecule has 0 bridgehead atoms. The monoisotopic (exact) mass is 270 g/mol. The van der Waals surface area contributed by atoms with Crippen LogP contribution < -0.4 is 0 Å². The fourth-order valence-corrected chi connectivity index (χ4v) is 1.39. The number of phenols is 1. The average molecular weight is 271 g/mol. The standard InChI is InChI=1S/C11H11BrO3/c1-2-15-11(14)6-3-8-7-9(13)4-5-10(8)12/h3-7,13H,2H2,1H3. The van der Waals surface area contributed by atoms with Gasteiger partial charge in [-0.15, -0.1) is 0 Å². The Balaban J connectivity index is 2.79. The highest BCUT2D eigenvalue weighted by molar-refractivity contribution is 9.10. The van der Waals surface area contributed by atoms with Crippen LogP contribution in [0.4, 0.5) is 0 Å². The zero-order valence-corrected chi connectivity index (χ0v) is 9.82. The number of carbonyl (C=O) groups is 1. The molecule has 0 amide bonds. The molecule has 1 aromatic carbocycles. The quantitative estimate of drug-likeness (QED) is 0.679. The van der Waals surface area contributed by atoms with E-state index in [0.29, 0.717) is 6.61 Å². The summed E-state index contributed by atoms with van der Waals surface area (Å²) in [4.78, 5) is 11.0. The number of hydrogen-bond acceptors (Lipinski definition) is 3. The molecule has 1 aromatic rings. The van der Waals surface area contributed by atoms with Crippen molar-refractivity contribution < 1.29 is 14.6 Å². The average Bonchev–Trinajstić information content (AvgIpc) is 2.20. The molecule has 80 valence electrons. The van der Waals surface area contributed by atoms with Gasteiger partial charge in [-0.05, 0) is 36.8 Å². The lowest BCUT2D eigenvalue weighted by Gasteiger charge is -1.99. The van der Waals surface area contributed by atoms with Crippen LogP contribution in [0.5, 0.6) is 5.75 Å². The molecule has 0 fully saturated rings. The van der Waals surface area contributed by atoms with Gasteiger partial charge in [-0.2, -0.15) is 0 Å². The minimum atomic E-state index is -0.396. The Morgan fingerprint density at radius 2 is 2.33 bits per heavy atom. The maximum absolute atomic E-state index is 11.0. The van der Waals surface area contributed by atoms with Crippen LogP contribution in [0.2, 0.25) is 0 Å². The zero-order valence-electron chi connectivity index (χ0n) is 8.24. The predicted octanol–water partition coefficient (Wildman–Crippen LogP) is 2.73. The number of esters is 1. The second kappa shape index (κ2) is 5.56. The van der Waals surface area contributed by atoms with E-state index in [1.807, 2.05) is 0 Å². The van der Waals surface area contributed by atoms with E-state index in [0.717, 1.165) is 10.0 Å². The Morgan fingerprint density at radius 1 is 1.60 bits per heavy atom. The van der Waals surface area contributed by atoms with E-state index in [4.69, 9.17) is 4.74 Å². The molecule has 1 rings (SSSR count). The Morgan fingerprint density at radius 3 is 3.00 bits per heavy atom. The van der Waals surface area contributed by atoms with Gasteiger partial charge in [0.05, 0.1) is 6.61 Å². The largest absolute Gasteiger partial charge is 0.508 e. The molecule has 0 aliphatic carbocycles. The van der Waals surface area contributed by atoms with E-state index in [-0.39, 0.29) is 5.75 Å². The van der Waals surface area contributed by atoms with Crippen molar-refractivity contribution in [2.45, 2.75) is 6.92 Å². The van der Waals surface area contributed by atoms with Crippen molar-refractivity contribution in [3.63, 3.8) is 0 Å². The predicted molar refractivity (Wildman–Crippen MR) is 61.5 cm³/mol. The third-order valence-corrected chi connectivity index (χ3v) is 2.39. The van der Waals surface area contributed by atoms with Gasteiger partial charge in [0.25, 0.3) is 0 Å². The summed E-state index contributed by atoms with van der Waals surface area (Å²) in [5, 5.41) is 9.24. The van der Waals surface area contributed by atoms with Gasteiger partial charge < -0.3 is 9.84 Å². The van der Waals surface area contributed by atoms with Gasteiger partial charge in [0.2, 0.25) is 0 Å². The molecule has 0 aliphatic heterocycles. The van der Waals surface area contributed by atoms with E-state index in [1.165, 1.54) is 6.08 Å². The maximum atomic E-state index is 11.0. The van der Waals surface area contributed by atoms with Crippen LogP contribution in [-0.2, 0) is 9.53 Å². The van der Waals surface area contributed by atoms with Crippen LogP contribution in [0.1, 0.15) is 12.5 Å². The minimum absolute atomic E-state index is 0.154. The molecule has 15 heavy (non-hydrogen) atoms. The normalized spacial score (nSPS) is 10.5. The highest BCUT2D eigenvalue weighted by Crippen LogP contribution is 2.22. The fourth-order valence-electron chi connectivity index (χ4n) is 1.01. The summed E-state index contributed by atoms with van der Waals surface area (Å²) in [6.07, 6.45) is 2.91. The molecule has 0 atom stereocenters. The van der Waals surface area contributed by atoms with Crippen LogP contribution in [-0.4, -0.2) is 17.7 Å². The number of ether oxygens (including phenoxy) is 1. The Labute approximate surface area is 96.5 Å². The van der Waals surface area contributed by atoms with Crippen LogP contribution in [0, 0.1) is 0 Å². The first-order valence-corrected chi connectivity index (χ1v) is 5.26. The Hall–Kier alpha value is -1.29. The molecule has 0 radical (unpaired) electrons. The first kappa shape index (κ1) is 11.8. The fraction of sp³-hybridized carbons (Fsp3) is 0.182. The van der Waals surface area contributed by atoms with Gasteiger partial charge in [0.15, 0.2) is 0 Å². The molecular formula is C11H11BrO3. The first-order chi connectivity index (χ1) is 7.13. The van der Waals surface area contributed by atoms with E-state index in [1.54, 1.807) is 31.2 Å². The topological polar surface area (TPSA) is 46.5 Å².